The van der Waals surface area contributed by atoms with Crippen molar-refractivity contribution in [2.24, 2.45) is 0 Å². The van der Waals surface area contributed by atoms with E-state index in [1.807, 2.05) is 30.9 Å². The second kappa shape index (κ2) is 8.24. The van der Waals surface area contributed by atoms with Crippen molar-refractivity contribution in [1.82, 2.24) is 19.4 Å². The van der Waals surface area contributed by atoms with Crippen molar-refractivity contribution in [2.45, 2.75) is 32.6 Å². The maximum Gasteiger partial charge on any atom is 0.180 e. The molecule has 0 bridgehead atoms. The van der Waals surface area contributed by atoms with E-state index in [1.165, 1.54) is 18.4 Å². The van der Waals surface area contributed by atoms with Crippen molar-refractivity contribution in [3.63, 3.8) is 0 Å². The highest BCUT2D eigenvalue weighted by atomic mass is 15.1. The van der Waals surface area contributed by atoms with Gasteiger partial charge in [0.05, 0.1) is 11.9 Å². The maximum atomic E-state index is 4.52. The molecule has 3 aromatic heterocycles. The lowest BCUT2D eigenvalue weighted by molar-refractivity contribution is 0.816. The van der Waals surface area contributed by atoms with Crippen LogP contribution in [-0.2, 0) is 6.42 Å². The molecule has 0 saturated heterocycles. The van der Waals surface area contributed by atoms with Crippen LogP contribution in [0.5, 0.6) is 0 Å². The van der Waals surface area contributed by atoms with Crippen LogP contribution in [-0.4, -0.2) is 25.9 Å². The van der Waals surface area contributed by atoms with Crippen LogP contribution in [0.3, 0.4) is 0 Å². The van der Waals surface area contributed by atoms with Gasteiger partial charge in [-0.3, -0.25) is 9.38 Å². The Labute approximate surface area is 142 Å². The number of nitrogens with one attached hydrogen (secondary N) is 1. The van der Waals surface area contributed by atoms with E-state index < -0.39 is 0 Å². The number of imidazole rings is 1. The fourth-order valence-corrected chi connectivity index (χ4v) is 2.58. The molecule has 0 saturated carbocycles. The Bertz CT molecular complexity index is 792. The highest BCUT2D eigenvalue weighted by Gasteiger charge is 2.06. The SMILES string of the molecule is CCCC/C=C\c1cnc2c(NCCc3cccnc3)nccn12. The number of unbranched alkanes of at least 4 members (excludes halogenated alkanes) is 2. The highest BCUT2D eigenvalue weighted by Crippen LogP contribution is 2.15. The second-order valence-electron chi connectivity index (χ2n) is 5.74. The summed E-state index contributed by atoms with van der Waals surface area (Å²) in [5, 5.41) is 3.38. The summed E-state index contributed by atoms with van der Waals surface area (Å²) in [7, 11) is 0. The molecule has 3 heterocycles. The molecule has 124 valence electrons. The molecule has 0 aromatic carbocycles. The number of anilines is 1. The van der Waals surface area contributed by atoms with Gasteiger partial charge in [0.1, 0.15) is 0 Å². The molecule has 0 fully saturated rings. The van der Waals surface area contributed by atoms with E-state index in [9.17, 15) is 0 Å². The largest absolute Gasteiger partial charge is 0.367 e. The molecule has 0 spiro atoms. The van der Waals surface area contributed by atoms with Gasteiger partial charge in [-0.1, -0.05) is 31.9 Å². The van der Waals surface area contributed by atoms with Gasteiger partial charge in [-0.05, 0) is 30.5 Å². The topological polar surface area (TPSA) is 55.1 Å². The number of hydrogen-bond donors (Lipinski definition) is 1. The van der Waals surface area contributed by atoms with Crippen molar-refractivity contribution < 1.29 is 0 Å². The number of fused-ring (bicyclic) bond motifs is 1. The summed E-state index contributed by atoms with van der Waals surface area (Å²) < 4.78 is 2.07. The number of allylic oxidation sites excluding steroid dienone is 1. The van der Waals surface area contributed by atoms with Gasteiger partial charge in [0, 0.05) is 31.3 Å². The van der Waals surface area contributed by atoms with Crippen LogP contribution in [0.1, 0.15) is 37.4 Å². The summed E-state index contributed by atoms with van der Waals surface area (Å²) >= 11 is 0. The molecule has 0 aliphatic carbocycles. The monoisotopic (exact) mass is 321 g/mol. The Kier molecular flexibility index (Phi) is 5.56. The van der Waals surface area contributed by atoms with Crippen LogP contribution in [0.4, 0.5) is 5.82 Å². The molecule has 0 amide bonds. The molecular weight excluding hydrogens is 298 g/mol. The first-order chi connectivity index (χ1) is 11.9. The molecule has 0 radical (unpaired) electrons. The van der Waals surface area contributed by atoms with Gasteiger partial charge in [-0.2, -0.15) is 0 Å². The standard InChI is InChI=1S/C19H23N5/c1-2-3-4-5-8-17-15-23-19-18(22-12-13-24(17)19)21-11-9-16-7-6-10-20-14-16/h5-8,10,12-15H,2-4,9,11H2,1H3,(H,21,22)/b8-5-. The first-order valence-corrected chi connectivity index (χ1v) is 8.50. The summed E-state index contributed by atoms with van der Waals surface area (Å²) in [5.74, 6) is 0.814. The molecule has 0 aliphatic heterocycles. The van der Waals surface area contributed by atoms with Crippen LogP contribution < -0.4 is 5.32 Å². The van der Waals surface area contributed by atoms with Crippen molar-refractivity contribution in [2.75, 3.05) is 11.9 Å². The van der Waals surface area contributed by atoms with E-state index in [0.717, 1.165) is 36.5 Å². The van der Waals surface area contributed by atoms with Crippen molar-refractivity contribution in [3.8, 4) is 0 Å². The Morgan fingerprint density at radius 1 is 1.21 bits per heavy atom. The van der Waals surface area contributed by atoms with Gasteiger partial charge in [0.25, 0.3) is 0 Å². The highest BCUT2D eigenvalue weighted by molar-refractivity contribution is 5.65. The van der Waals surface area contributed by atoms with Gasteiger partial charge in [-0.25, -0.2) is 9.97 Å². The summed E-state index contributed by atoms with van der Waals surface area (Å²) in [5.41, 5.74) is 3.15. The first-order valence-electron chi connectivity index (χ1n) is 8.50. The Balaban J connectivity index is 1.68. The summed E-state index contributed by atoms with van der Waals surface area (Å²) in [6.07, 6.45) is 18.1. The average Bonchev–Trinajstić information content (AvgIpc) is 3.04. The number of rotatable bonds is 8. The normalized spacial score (nSPS) is 11.4. The van der Waals surface area contributed by atoms with Crippen molar-refractivity contribution in [1.29, 1.82) is 0 Å². The molecule has 5 nitrogen and oxygen atoms in total. The summed E-state index contributed by atoms with van der Waals surface area (Å²) in [6.45, 7) is 3.00. The van der Waals surface area contributed by atoms with E-state index in [0.29, 0.717) is 0 Å². The van der Waals surface area contributed by atoms with E-state index >= 15 is 0 Å². The fraction of sp³-hybridized carbons (Fsp3) is 0.316. The minimum atomic E-state index is 0.799. The molecule has 1 N–H and O–H groups in total. The third kappa shape index (κ3) is 3.98. The quantitative estimate of drug-likeness (QED) is 0.638. The van der Waals surface area contributed by atoms with Crippen LogP contribution in [0.2, 0.25) is 0 Å². The second-order valence-corrected chi connectivity index (χ2v) is 5.74. The molecule has 0 atom stereocenters. The van der Waals surface area contributed by atoms with Gasteiger partial charge in [0.2, 0.25) is 0 Å². The number of pyridine rings is 1. The van der Waals surface area contributed by atoms with Gasteiger partial charge in [-0.15, -0.1) is 0 Å². The van der Waals surface area contributed by atoms with Crippen LogP contribution in [0.15, 0.2) is 49.2 Å². The predicted molar refractivity (Wildman–Crippen MR) is 98.0 cm³/mol. The van der Waals surface area contributed by atoms with E-state index in [4.69, 9.17) is 0 Å². The van der Waals surface area contributed by atoms with E-state index in [-0.39, 0.29) is 0 Å². The lowest BCUT2D eigenvalue weighted by Crippen LogP contribution is -2.08. The molecule has 24 heavy (non-hydrogen) atoms. The molecule has 0 aliphatic rings. The lowest BCUT2D eigenvalue weighted by atomic mass is 10.2. The zero-order valence-corrected chi connectivity index (χ0v) is 14.0. The Morgan fingerprint density at radius 2 is 2.17 bits per heavy atom. The summed E-state index contributed by atoms with van der Waals surface area (Å²) in [4.78, 5) is 13.1. The minimum Gasteiger partial charge on any atom is -0.367 e. The molecular formula is C19H23N5. The maximum absolute atomic E-state index is 4.52. The van der Waals surface area contributed by atoms with Gasteiger partial charge >= 0.3 is 0 Å². The minimum absolute atomic E-state index is 0.799. The average molecular weight is 321 g/mol. The Hall–Kier alpha value is -2.69. The summed E-state index contributed by atoms with van der Waals surface area (Å²) in [6, 6.07) is 4.04. The Morgan fingerprint density at radius 3 is 3.00 bits per heavy atom. The van der Waals surface area contributed by atoms with Gasteiger partial charge in [0.15, 0.2) is 11.5 Å². The number of aromatic nitrogens is 4. The van der Waals surface area contributed by atoms with Crippen LogP contribution in [0.25, 0.3) is 11.7 Å². The smallest absolute Gasteiger partial charge is 0.180 e. The number of nitrogens with zero attached hydrogens (tertiary/aromatic N) is 4. The molecule has 3 aromatic rings. The molecule has 0 unspecified atom stereocenters. The van der Waals surface area contributed by atoms with Crippen LogP contribution >= 0.6 is 0 Å². The fourth-order valence-electron chi connectivity index (χ4n) is 2.58. The van der Waals surface area contributed by atoms with E-state index in [1.54, 1.807) is 6.20 Å². The van der Waals surface area contributed by atoms with Crippen LogP contribution in [0, 0.1) is 0 Å². The molecule has 5 heteroatoms. The zero-order chi connectivity index (χ0) is 16.6. The van der Waals surface area contributed by atoms with Gasteiger partial charge < -0.3 is 5.32 Å². The molecule has 3 rings (SSSR count). The predicted octanol–water partition coefficient (Wildman–Crippen LogP) is 3.98. The van der Waals surface area contributed by atoms with Crippen molar-refractivity contribution >= 4 is 17.5 Å². The number of hydrogen-bond acceptors (Lipinski definition) is 4. The van der Waals surface area contributed by atoms with Crippen molar-refractivity contribution in [3.05, 3.63) is 60.5 Å². The third-order valence-corrected chi connectivity index (χ3v) is 3.90. The first kappa shape index (κ1) is 16.2. The van der Waals surface area contributed by atoms with E-state index in [2.05, 4.69) is 49.8 Å². The third-order valence-electron chi connectivity index (χ3n) is 3.90. The lowest BCUT2D eigenvalue weighted by Gasteiger charge is -2.07. The zero-order valence-electron chi connectivity index (χ0n) is 14.0.